The van der Waals surface area contributed by atoms with E-state index in [4.69, 9.17) is 21.1 Å². The van der Waals surface area contributed by atoms with E-state index in [0.29, 0.717) is 41.7 Å². The Labute approximate surface area is 175 Å². The number of rotatable bonds is 6. The highest BCUT2D eigenvalue weighted by atomic mass is 35.5. The van der Waals surface area contributed by atoms with E-state index >= 15 is 0 Å². The minimum Gasteiger partial charge on any atom is -0.497 e. The van der Waals surface area contributed by atoms with Crippen molar-refractivity contribution in [1.82, 2.24) is 10.2 Å². The average molecular weight is 417 g/mol. The SMILES string of the molecule is COc1ccc(CNC(=O)[C@@H]2CCCN(C(=O)c3ccccc3Cl)C2)c(OC)c1. The molecule has 7 heteroatoms. The molecule has 1 atom stereocenters. The minimum absolute atomic E-state index is 0.0699. The highest BCUT2D eigenvalue weighted by Crippen LogP contribution is 2.25. The van der Waals surface area contributed by atoms with E-state index in [1.807, 2.05) is 12.1 Å². The predicted molar refractivity (Wildman–Crippen MR) is 111 cm³/mol. The van der Waals surface area contributed by atoms with Crippen LogP contribution in [0.25, 0.3) is 0 Å². The third-order valence-electron chi connectivity index (χ3n) is 5.13. The van der Waals surface area contributed by atoms with Gasteiger partial charge in [-0.1, -0.05) is 23.7 Å². The molecule has 1 fully saturated rings. The summed E-state index contributed by atoms with van der Waals surface area (Å²) in [4.78, 5) is 27.2. The molecule has 0 aromatic heterocycles. The summed E-state index contributed by atoms with van der Waals surface area (Å²) in [6.45, 7) is 1.36. The maximum Gasteiger partial charge on any atom is 0.255 e. The number of benzene rings is 2. The van der Waals surface area contributed by atoms with Gasteiger partial charge < -0.3 is 19.7 Å². The molecule has 3 rings (SSSR count). The van der Waals surface area contributed by atoms with Crippen molar-refractivity contribution in [3.05, 3.63) is 58.6 Å². The lowest BCUT2D eigenvalue weighted by Gasteiger charge is -2.32. The number of piperidine rings is 1. The summed E-state index contributed by atoms with van der Waals surface area (Å²) >= 11 is 6.16. The van der Waals surface area contributed by atoms with E-state index in [9.17, 15) is 9.59 Å². The minimum atomic E-state index is -0.251. The topological polar surface area (TPSA) is 67.9 Å². The van der Waals surface area contributed by atoms with Gasteiger partial charge in [-0.2, -0.15) is 0 Å². The van der Waals surface area contributed by atoms with Gasteiger partial charge >= 0.3 is 0 Å². The second-order valence-corrected chi connectivity index (χ2v) is 7.37. The van der Waals surface area contributed by atoms with Crippen molar-refractivity contribution in [2.75, 3.05) is 27.3 Å². The molecule has 0 saturated carbocycles. The number of carbonyl (C=O) groups is 2. The summed E-state index contributed by atoms with van der Waals surface area (Å²) in [5.74, 6) is 0.894. The fraction of sp³-hybridized carbons (Fsp3) is 0.364. The number of nitrogens with zero attached hydrogens (tertiary/aromatic N) is 1. The van der Waals surface area contributed by atoms with Crippen LogP contribution in [-0.2, 0) is 11.3 Å². The molecular weight excluding hydrogens is 392 g/mol. The molecule has 29 heavy (non-hydrogen) atoms. The van der Waals surface area contributed by atoms with Gasteiger partial charge in [-0.05, 0) is 37.1 Å². The van der Waals surface area contributed by atoms with Crippen molar-refractivity contribution in [2.24, 2.45) is 5.92 Å². The van der Waals surface area contributed by atoms with E-state index in [2.05, 4.69) is 5.32 Å². The zero-order valence-corrected chi connectivity index (χ0v) is 17.4. The normalized spacial score (nSPS) is 16.2. The lowest BCUT2D eigenvalue weighted by Crippen LogP contribution is -2.45. The quantitative estimate of drug-likeness (QED) is 0.782. The number of nitrogens with one attached hydrogen (secondary N) is 1. The lowest BCUT2D eigenvalue weighted by molar-refractivity contribution is -0.126. The number of carbonyl (C=O) groups excluding carboxylic acids is 2. The maximum atomic E-state index is 12.8. The zero-order chi connectivity index (χ0) is 20.8. The van der Waals surface area contributed by atoms with Gasteiger partial charge in [0.25, 0.3) is 5.91 Å². The molecule has 2 amide bonds. The van der Waals surface area contributed by atoms with Crippen molar-refractivity contribution in [1.29, 1.82) is 0 Å². The van der Waals surface area contributed by atoms with Crippen molar-refractivity contribution in [2.45, 2.75) is 19.4 Å². The number of hydrogen-bond donors (Lipinski definition) is 1. The van der Waals surface area contributed by atoms with Crippen molar-refractivity contribution in [3.63, 3.8) is 0 Å². The fourth-order valence-electron chi connectivity index (χ4n) is 3.51. The monoisotopic (exact) mass is 416 g/mol. The first-order valence-electron chi connectivity index (χ1n) is 9.56. The second kappa shape index (κ2) is 9.65. The Balaban J connectivity index is 1.61. The lowest BCUT2D eigenvalue weighted by atomic mass is 9.96. The van der Waals surface area contributed by atoms with Gasteiger partial charge in [0, 0.05) is 31.3 Å². The molecule has 1 aliphatic rings. The molecule has 0 spiro atoms. The van der Waals surface area contributed by atoms with Crippen LogP contribution in [0.15, 0.2) is 42.5 Å². The Kier molecular flexibility index (Phi) is 6.99. The molecular formula is C22H25ClN2O4. The summed E-state index contributed by atoms with van der Waals surface area (Å²) in [5, 5.41) is 3.39. The van der Waals surface area contributed by atoms with E-state index in [1.54, 1.807) is 49.5 Å². The largest absolute Gasteiger partial charge is 0.497 e. The van der Waals surface area contributed by atoms with Crippen molar-refractivity contribution < 1.29 is 19.1 Å². The summed E-state index contributed by atoms with van der Waals surface area (Å²) in [6.07, 6.45) is 1.53. The van der Waals surface area contributed by atoms with Gasteiger partial charge in [-0.3, -0.25) is 9.59 Å². The Morgan fingerprint density at radius 3 is 2.69 bits per heavy atom. The van der Waals surface area contributed by atoms with Crippen LogP contribution in [0.4, 0.5) is 0 Å². The molecule has 2 aromatic rings. The second-order valence-electron chi connectivity index (χ2n) is 6.97. The third-order valence-corrected chi connectivity index (χ3v) is 5.46. The number of methoxy groups -OCH3 is 2. The van der Waals surface area contributed by atoms with E-state index in [-0.39, 0.29) is 17.7 Å². The fourth-order valence-corrected chi connectivity index (χ4v) is 3.72. The number of likely N-dealkylation sites (tertiary alicyclic amines) is 1. The molecule has 0 radical (unpaired) electrons. The molecule has 1 heterocycles. The van der Waals surface area contributed by atoms with Gasteiger partial charge in [0.1, 0.15) is 11.5 Å². The highest BCUT2D eigenvalue weighted by Gasteiger charge is 2.29. The van der Waals surface area contributed by atoms with Gasteiger partial charge in [0.05, 0.1) is 30.7 Å². The molecule has 1 aliphatic heterocycles. The van der Waals surface area contributed by atoms with E-state index in [0.717, 1.165) is 18.4 Å². The summed E-state index contributed by atoms with van der Waals surface area (Å²) in [5.41, 5.74) is 1.33. The van der Waals surface area contributed by atoms with Crippen LogP contribution in [0.2, 0.25) is 5.02 Å². The number of amides is 2. The highest BCUT2D eigenvalue weighted by molar-refractivity contribution is 6.33. The van der Waals surface area contributed by atoms with Crippen molar-refractivity contribution >= 4 is 23.4 Å². The Morgan fingerprint density at radius 2 is 1.97 bits per heavy atom. The molecule has 1 N–H and O–H groups in total. The predicted octanol–water partition coefficient (Wildman–Crippen LogP) is 3.53. The molecule has 154 valence electrons. The Hall–Kier alpha value is -2.73. The van der Waals surface area contributed by atoms with Crippen LogP contribution in [-0.4, -0.2) is 44.0 Å². The van der Waals surface area contributed by atoms with Gasteiger partial charge in [-0.25, -0.2) is 0 Å². The maximum absolute atomic E-state index is 12.8. The van der Waals surface area contributed by atoms with Crippen LogP contribution in [0.1, 0.15) is 28.8 Å². The average Bonchev–Trinajstić information content (AvgIpc) is 2.77. The Bertz CT molecular complexity index is 887. The third kappa shape index (κ3) is 5.01. The van der Waals surface area contributed by atoms with Crippen LogP contribution in [0.3, 0.4) is 0 Å². The van der Waals surface area contributed by atoms with Crippen LogP contribution in [0, 0.1) is 5.92 Å². The van der Waals surface area contributed by atoms with Crippen LogP contribution < -0.4 is 14.8 Å². The molecule has 0 bridgehead atoms. The van der Waals surface area contributed by atoms with E-state index < -0.39 is 0 Å². The van der Waals surface area contributed by atoms with Crippen LogP contribution in [0.5, 0.6) is 11.5 Å². The molecule has 2 aromatic carbocycles. The first-order valence-corrected chi connectivity index (χ1v) is 9.93. The summed E-state index contributed by atoms with van der Waals surface area (Å²) in [7, 11) is 3.17. The van der Waals surface area contributed by atoms with Gasteiger partial charge in [0.15, 0.2) is 0 Å². The number of halogens is 1. The molecule has 0 unspecified atom stereocenters. The van der Waals surface area contributed by atoms with Gasteiger partial charge in [-0.15, -0.1) is 0 Å². The summed E-state index contributed by atoms with van der Waals surface area (Å²) in [6, 6.07) is 12.5. The zero-order valence-electron chi connectivity index (χ0n) is 16.6. The Morgan fingerprint density at radius 1 is 1.17 bits per heavy atom. The number of ether oxygens (including phenoxy) is 2. The number of hydrogen-bond acceptors (Lipinski definition) is 4. The van der Waals surface area contributed by atoms with Crippen molar-refractivity contribution in [3.8, 4) is 11.5 Å². The molecule has 6 nitrogen and oxygen atoms in total. The van der Waals surface area contributed by atoms with Crippen LogP contribution >= 0.6 is 11.6 Å². The summed E-state index contributed by atoms with van der Waals surface area (Å²) < 4.78 is 10.6. The first-order chi connectivity index (χ1) is 14.0. The molecule has 1 saturated heterocycles. The first kappa shape index (κ1) is 21.0. The van der Waals surface area contributed by atoms with Gasteiger partial charge in [0.2, 0.25) is 5.91 Å². The standard InChI is InChI=1S/C22H25ClN2O4/c1-28-17-10-9-15(20(12-17)29-2)13-24-21(26)16-6-5-11-25(14-16)22(27)18-7-3-4-8-19(18)23/h3-4,7-10,12,16H,5-6,11,13-14H2,1-2H3,(H,24,26)/t16-/m1/s1. The van der Waals surface area contributed by atoms with E-state index in [1.165, 1.54) is 0 Å². The smallest absolute Gasteiger partial charge is 0.255 e. The molecule has 0 aliphatic carbocycles.